The zero-order valence-corrected chi connectivity index (χ0v) is 16.4. The van der Waals surface area contributed by atoms with Crippen molar-refractivity contribution in [3.05, 3.63) is 48.5 Å². The van der Waals surface area contributed by atoms with Crippen molar-refractivity contribution in [3.63, 3.8) is 0 Å². The van der Waals surface area contributed by atoms with Crippen LogP contribution in [0.5, 0.6) is 17.2 Å². The van der Waals surface area contributed by atoms with Gasteiger partial charge in [0.1, 0.15) is 11.0 Å². The Hall–Kier alpha value is -2.66. The summed E-state index contributed by atoms with van der Waals surface area (Å²) in [6.07, 6.45) is -0.105. The fourth-order valence-electron chi connectivity index (χ4n) is 3.16. The van der Waals surface area contributed by atoms with Crippen molar-refractivity contribution in [2.45, 2.75) is 22.2 Å². The predicted octanol–water partition coefficient (Wildman–Crippen LogP) is 1.29. The molecule has 1 aliphatic heterocycles. The zero-order valence-electron chi connectivity index (χ0n) is 15.6. The Labute approximate surface area is 167 Å². The lowest BCUT2D eigenvalue weighted by atomic mass is 9.95. The van der Waals surface area contributed by atoms with Crippen molar-refractivity contribution >= 4 is 15.7 Å². The Morgan fingerprint density at radius 1 is 1.17 bits per heavy atom. The van der Waals surface area contributed by atoms with E-state index in [9.17, 15) is 18.3 Å². The summed E-state index contributed by atoms with van der Waals surface area (Å²) in [5.41, 5.74) is -1.09. The van der Waals surface area contributed by atoms with Gasteiger partial charge in [-0.2, -0.15) is 0 Å². The van der Waals surface area contributed by atoms with Crippen LogP contribution in [0.25, 0.3) is 0 Å². The molecule has 156 valence electrons. The van der Waals surface area contributed by atoms with Crippen molar-refractivity contribution in [2.24, 2.45) is 0 Å². The molecule has 0 radical (unpaired) electrons. The van der Waals surface area contributed by atoms with Gasteiger partial charge in [-0.3, -0.25) is 10.0 Å². The number of hydrogen-bond acceptors (Lipinski definition) is 8. The van der Waals surface area contributed by atoms with Crippen LogP contribution in [-0.2, 0) is 19.4 Å². The maximum absolute atomic E-state index is 13.1. The van der Waals surface area contributed by atoms with Crippen LogP contribution in [0.3, 0.4) is 0 Å². The van der Waals surface area contributed by atoms with E-state index in [1.807, 2.05) is 0 Å². The standard InChI is InChI=1S/C19H21NO8S/c1-26-15-4-2-3-5-16(15)28-13-6-8-14(9-7-13)29(24,25)17-10-11-27-12-19(17,22)18(21)20-23/h2-9,17,22-23H,10-12H2,1H3,(H,20,21). The van der Waals surface area contributed by atoms with Crippen molar-refractivity contribution in [2.75, 3.05) is 20.3 Å². The van der Waals surface area contributed by atoms with Gasteiger partial charge in [0.2, 0.25) is 0 Å². The van der Waals surface area contributed by atoms with Crippen LogP contribution in [0.15, 0.2) is 53.4 Å². The normalized spacial score (nSPS) is 22.0. The first-order valence-electron chi connectivity index (χ1n) is 8.72. The highest BCUT2D eigenvalue weighted by Crippen LogP contribution is 2.34. The van der Waals surface area contributed by atoms with E-state index in [4.69, 9.17) is 19.4 Å². The third-order valence-corrected chi connectivity index (χ3v) is 7.00. The molecule has 9 nitrogen and oxygen atoms in total. The zero-order chi connectivity index (χ0) is 21.1. The third-order valence-electron chi connectivity index (χ3n) is 4.70. The maximum atomic E-state index is 13.1. The fourth-order valence-corrected chi connectivity index (χ4v) is 5.10. The summed E-state index contributed by atoms with van der Waals surface area (Å²) >= 11 is 0. The second-order valence-electron chi connectivity index (χ2n) is 6.46. The number of nitrogens with one attached hydrogen (secondary N) is 1. The molecule has 29 heavy (non-hydrogen) atoms. The fraction of sp³-hybridized carbons (Fsp3) is 0.316. The first-order valence-corrected chi connectivity index (χ1v) is 10.3. The Morgan fingerprint density at radius 2 is 1.83 bits per heavy atom. The highest BCUT2D eigenvalue weighted by atomic mass is 32.2. The molecule has 3 rings (SSSR count). The first kappa shape index (κ1) is 21.1. The second-order valence-corrected chi connectivity index (χ2v) is 8.59. The number of benzene rings is 2. The molecule has 10 heteroatoms. The summed E-state index contributed by atoms with van der Waals surface area (Å²) in [4.78, 5) is 11.8. The van der Waals surface area contributed by atoms with Gasteiger partial charge in [0.25, 0.3) is 5.91 Å². The Balaban J connectivity index is 1.87. The van der Waals surface area contributed by atoms with Crippen molar-refractivity contribution in [1.82, 2.24) is 5.48 Å². The molecule has 0 bridgehead atoms. The lowest BCUT2D eigenvalue weighted by Crippen LogP contribution is -2.62. The van der Waals surface area contributed by atoms with Crippen molar-refractivity contribution in [3.8, 4) is 17.2 Å². The molecule has 1 fully saturated rings. The van der Waals surface area contributed by atoms with Crippen LogP contribution in [0.4, 0.5) is 0 Å². The number of rotatable bonds is 6. The molecule has 1 aliphatic rings. The number of hydroxylamine groups is 1. The molecule has 2 unspecified atom stereocenters. The van der Waals surface area contributed by atoms with E-state index in [-0.39, 0.29) is 17.9 Å². The van der Waals surface area contributed by atoms with Crippen LogP contribution >= 0.6 is 0 Å². The summed E-state index contributed by atoms with van der Waals surface area (Å²) in [5.74, 6) is 0.126. The van der Waals surface area contributed by atoms with E-state index in [2.05, 4.69) is 0 Å². The lowest BCUT2D eigenvalue weighted by molar-refractivity contribution is -0.161. The molecule has 1 amide bonds. The topological polar surface area (TPSA) is 131 Å². The van der Waals surface area contributed by atoms with E-state index in [0.717, 1.165) is 0 Å². The van der Waals surface area contributed by atoms with Gasteiger partial charge in [-0.05, 0) is 42.8 Å². The first-order chi connectivity index (χ1) is 13.8. The molecule has 1 heterocycles. The van der Waals surface area contributed by atoms with Gasteiger partial charge >= 0.3 is 0 Å². The maximum Gasteiger partial charge on any atom is 0.279 e. The van der Waals surface area contributed by atoms with Crippen LogP contribution in [0.2, 0.25) is 0 Å². The summed E-state index contributed by atoms with van der Waals surface area (Å²) < 4.78 is 42.1. The van der Waals surface area contributed by atoms with Crippen LogP contribution in [-0.4, -0.2) is 55.8 Å². The average molecular weight is 423 g/mol. The van der Waals surface area contributed by atoms with Crippen LogP contribution in [0, 0.1) is 0 Å². The van der Waals surface area contributed by atoms with Gasteiger partial charge in [0.15, 0.2) is 26.9 Å². The average Bonchev–Trinajstić information content (AvgIpc) is 2.74. The van der Waals surface area contributed by atoms with Gasteiger partial charge in [-0.15, -0.1) is 0 Å². The summed E-state index contributed by atoms with van der Waals surface area (Å²) in [6, 6.07) is 12.6. The van der Waals surface area contributed by atoms with Crippen LogP contribution in [0.1, 0.15) is 6.42 Å². The van der Waals surface area contributed by atoms with E-state index in [1.165, 1.54) is 36.9 Å². The minimum atomic E-state index is -4.11. The van der Waals surface area contributed by atoms with Gasteiger partial charge in [0, 0.05) is 6.61 Å². The van der Waals surface area contributed by atoms with E-state index < -0.39 is 33.2 Å². The van der Waals surface area contributed by atoms with Gasteiger partial charge in [-0.25, -0.2) is 13.9 Å². The number of aliphatic hydroxyl groups is 1. The molecule has 3 N–H and O–H groups in total. The molecule has 1 saturated heterocycles. The molecular weight excluding hydrogens is 402 g/mol. The summed E-state index contributed by atoms with van der Waals surface area (Å²) in [7, 11) is -2.60. The molecule has 0 aliphatic carbocycles. The van der Waals surface area contributed by atoms with Crippen molar-refractivity contribution in [1.29, 1.82) is 0 Å². The van der Waals surface area contributed by atoms with E-state index >= 15 is 0 Å². The number of para-hydroxylation sites is 2. The lowest BCUT2D eigenvalue weighted by Gasteiger charge is -2.36. The highest BCUT2D eigenvalue weighted by Gasteiger charge is 2.53. The SMILES string of the molecule is COc1ccccc1Oc1ccc(S(=O)(=O)C2CCOCC2(O)C(=O)NO)cc1. The molecule has 2 atom stereocenters. The largest absolute Gasteiger partial charge is 0.493 e. The minimum absolute atomic E-state index is 0.0555. The van der Waals surface area contributed by atoms with E-state index in [0.29, 0.717) is 17.2 Å². The number of methoxy groups -OCH3 is 1. The number of hydrogen-bond donors (Lipinski definition) is 3. The quantitative estimate of drug-likeness (QED) is 0.468. The molecular formula is C19H21NO8S. The Bertz CT molecular complexity index is 976. The monoisotopic (exact) mass is 423 g/mol. The van der Waals surface area contributed by atoms with Gasteiger partial charge in [-0.1, -0.05) is 12.1 Å². The summed E-state index contributed by atoms with van der Waals surface area (Å²) in [6.45, 7) is -0.488. The second kappa shape index (κ2) is 8.37. The van der Waals surface area contributed by atoms with Crippen molar-refractivity contribution < 1.29 is 37.7 Å². The predicted molar refractivity (Wildman–Crippen MR) is 101 cm³/mol. The molecule has 2 aromatic carbocycles. The molecule has 2 aromatic rings. The Morgan fingerprint density at radius 3 is 2.45 bits per heavy atom. The molecule has 0 spiro atoms. The molecule has 0 aromatic heterocycles. The van der Waals surface area contributed by atoms with Gasteiger partial charge in [0.05, 0.1) is 18.6 Å². The highest BCUT2D eigenvalue weighted by molar-refractivity contribution is 7.92. The minimum Gasteiger partial charge on any atom is -0.493 e. The number of carbonyl (C=O) groups is 1. The number of sulfone groups is 1. The number of carbonyl (C=O) groups excluding carboxylic acids is 1. The number of ether oxygens (including phenoxy) is 3. The Kier molecular flexibility index (Phi) is 6.08. The molecule has 0 saturated carbocycles. The number of amides is 1. The van der Waals surface area contributed by atoms with Crippen LogP contribution < -0.4 is 15.0 Å². The summed E-state index contributed by atoms with van der Waals surface area (Å²) in [5, 5.41) is 18.0. The van der Waals surface area contributed by atoms with Gasteiger partial charge < -0.3 is 19.3 Å². The third kappa shape index (κ3) is 4.06. The smallest absolute Gasteiger partial charge is 0.279 e. The van der Waals surface area contributed by atoms with E-state index in [1.54, 1.807) is 24.3 Å².